The molecule has 2 aromatic rings. The van der Waals surface area contributed by atoms with Gasteiger partial charge in [0.1, 0.15) is 0 Å². The number of esters is 1. The Bertz CT molecular complexity index is 979. The monoisotopic (exact) mass is 441 g/mol. The number of nitrogens with zero attached hydrogens (tertiary/aromatic N) is 1. The number of halogens is 2. The van der Waals surface area contributed by atoms with E-state index in [9.17, 15) is 18.0 Å². The lowest BCUT2D eigenvalue weighted by atomic mass is 10.1. The van der Waals surface area contributed by atoms with Crippen molar-refractivity contribution < 1.29 is 22.7 Å². The molecule has 6 nitrogen and oxygen atoms in total. The highest BCUT2D eigenvalue weighted by atomic mass is 35.5. The van der Waals surface area contributed by atoms with Crippen molar-refractivity contribution >= 4 is 45.0 Å². The summed E-state index contributed by atoms with van der Waals surface area (Å²) in [4.78, 5) is 24.5. The average Bonchev–Trinajstić information content (AvgIpc) is 3.22. The number of benzene rings is 2. The predicted molar refractivity (Wildman–Crippen MR) is 106 cm³/mol. The van der Waals surface area contributed by atoms with E-state index in [-0.39, 0.29) is 26.1 Å². The summed E-state index contributed by atoms with van der Waals surface area (Å²) in [5, 5.41) is 0.253. The van der Waals surface area contributed by atoms with Crippen LogP contribution in [0.15, 0.2) is 47.4 Å². The fraction of sp³-hybridized carbons (Fsp3) is 0.263. The van der Waals surface area contributed by atoms with Crippen molar-refractivity contribution in [2.45, 2.75) is 17.7 Å². The maximum atomic E-state index is 12.5. The number of carbonyl (C=O) groups excluding carboxylic acids is 2. The first-order valence-electron chi connectivity index (χ1n) is 8.55. The first kappa shape index (κ1) is 20.8. The number of carbonyl (C=O) groups is 2. The fourth-order valence-corrected chi connectivity index (χ4v) is 4.94. The molecule has 9 heteroatoms. The van der Waals surface area contributed by atoms with Crippen molar-refractivity contribution in [3.05, 3.63) is 63.6 Å². The van der Waals surface area contributed by atoms with E-state index in [2.05, 4.69) is 0 Å². The second-order valence-electron chi connectivity index (χ2n) is 6.23. The summed E-state index contributed by atoms with van der Waals surface area (Å²) in [6.45, 7) is 0.492. The molecule has 0 bridgehead atoms. The molecule has 0 aliphatic carbocycles. The zero-order valence-electron chi connectivity index (χ0n) is 14.7. The highest BCUT2D eigenvalue weighted by Gasteiger charge is 2.27. The van der Waals surface area contributed by atoms with Gasteiger partial charge in [0.15, 0.2) is 12.4 Å². The number of ether oxygens (including phenoxy) is 1. The lowest BCUT2D eigenvalue weighted by Crippen LogP contribution is -2.27. The summed E-state index contributed by atoms with van der Waals surface area (Å²) in [5.41, 5.74) is 0.226. The number of sulfonamides is 1. The minimum absolute atomic E-state index is 0.00862. The van der Waals surface area contributed by atoms with Gasteiger partial charge in [-0.1, -0.05) is 29.3 Å². The molecule has 148 valence electrons. The molecule has 28 heavy (non-hydrogen) atoms. The molecule has 0 radical (unpaired) electrons. The molecule has 2 aromatic carbocycles. The second kappa shape index (κ2) is 8.61. The summed E-state index contributed by atoms with van der Waals surface area (Å²) in [6, 6.07) is 10.1. The van der Waals surface area contributed by atoms with Crippen LogP contribution in [0.4, 0.5) is 0 Å². The topological polar surface area (TPSA) is 80.8 Å². The Kier molecular flexibility index (Phi) is 6.40. The number of Topliss-reactive ketones (excluding diaryl/α,β-unsaturated/α-hetero) is 1. The maximum Gasteiger partial charge on any atom is 0.341 e. The molecule has 0 spiro atoms. The van der Waals surface area contributed by atoms with Crippen molar-refractivity contribution in [1.82, 2.24) is 4.31 Å². The van der Waals surface area contributed by atoms with Gasteiger partial charge in [0.2, 0.25) is 10.0 Å². The Morgan fingerprint density at radius 1 is 0.964 bits per heavy atom. The molecule has 1 heterocycles. The number of ketones is 1. The lowest BCUT2D eigenvalue weighted by Gasteiger charge is -2.15. The van der Waals surface area contributed by atoms with E-state index < -0.39 is 28.4 Å². The van der Waals surface area contributed by atoms with Gasteiger partial charge in [0.05, 0.1) is 20.5 Å². The van der Waals surface area contributed by atoms with Gasteiger partial charge >= 0.3 is 5.97 Å². The number of rotatable bonds is 6. The normalized spacial score (nSPS) is 14.8. The van der Waals surface area contributed by atoms with E-state index in [1.807, 2.05) is 0 Å². The molecule has 0 atom stereocenters. The van der Waals surface area contributed by atoms with Crippen LogP contribution in [0.25, 0.3) is 0 Å². The molecular weight excluding hydrogens is 425 g/mol. The fourth-order valence-electron chi connectivity index (χ4n) is 2.87. The summed E-state index contributed by atoms with van der Waals surface area (Å²) in [6.07, 6.45) is 1.69. The smallest absolute Gasteiger partial charge is 0.341 e. The van der Waals surface area contributed by atoms with E-state index >= 15 is 0 Å². The zero-order valence-corrected chi connectivity index (χ0v) is 17.1. The Hall–Kier alpha value is -1.93. The van der Waals surface area contributed by atoms with Crippen molar-refractivity contribution in [3.63, 3.8) is 0 Å². The van der Waals surface area contributed by atoms with E-state index in [4.69, 9.17) is 27.9 Å². The van der Waals surface area contributed by atoms with E-state index in [0.29, 0.717) is 13.1 Å². The van der Waals surface area contributed by atoms with E-state index in [0.717, 1.165) is 12.8 Å². The van der Waals surface area contributed by atoms with Gasteiger partial charge in [-0.15, -0.1) is 0 Å². The van der Waals surface area contributed by atoms with Crippen LogP contribution in [0.3, 0.4) is 0 Å². The van der Waals surface area contributed by atoms with Crippen LogP contribution in [-0.2, 0) is 14.8 Å². The number of hydrogen-bond acceptors (Lipinski definition) is 5. The summed E-state index contributed by atoms with van der Waals surface area (Å²) in [5.74, 6) is -1.28. The van der Waals surface area contributed by atoms with Gasteiger partial charge in [-0.25, -0.2) is 13.2 Å². The maximum absolute atomic E-state index is 12.5. The first-order valence-corrected chi connectivity index (χ1v) is 10.7. The quantitative estimate of drug-likeness (QED) is 0.502. The van der Waals surface area contributed by atoms with Crippen LogP contribution >= 0.6 is 23.2 Å². The van der Waals surface area contributed by atoms with Gasteiger partial charge in [-0.3, -0.25) is 4.79 Å². The highest BCUT2D eigenvalue weighted by Crippen LogP contribution is 2.25. The number of hydrogen-bond donors (Lipinski definition) is 0. The molecule has 0 saturated carbocycles. The highest BCUT2D eigenvalue weighted by molar-refractivity contribution is 7.89. The molecule has 3 rings (SSSR count). The molecule has 1 aliphatic rings. The van der Waals surface area contributed by atoms with Crippen LogP contribution < -0.4 is 0 Å². The van der Waals surface area contributed by atoms with Gasteiger partial charge in [0, 0.05) is 18.7 Å². The van der Waals surface area contributed by atoms with Crippen LogP contribution in [0.5, 0.6) is 0 Å². The van der Waals surface area contributed by atoms with E-state index in [1.54, 1.807) is 6.07 Å². The van der Waals surface area contributed by atoms with Crippen molar-refractivity contribution in [1.29, 1.82) is 0 Å². The molecule has 0 unspecified atom stereocenters. The van der Waals surface area contributed by atoms with Gasteiger partial charge in [0.25, 0.3) is 0 Å². The van der Waals surface area contributed by atoms with Crippen LogP contribution in [-0.4, -0.2) is 44.2 Å². The summed E-state index contributed by atoms with van der Waals surface area (Å²) >= 11 is 11.9. The van der Waals surface area contributed by atoms with Crippen molar-refractivity contribution in [2.75, 3.05) is 19.7 Å². The molecule has 1 saturated heterocycles. The molecular formula is C19H17Cl2NO5S. The Balaban J connectivity index is 1.66. The lowest BCUT2D eigenvalue weighted by molar-refractivity contribution is 0.0475. The minimum atomic E-state index is -3.55. The van der Waals surface area contributed by atoms with Crippen LogP contribution in [0, 0.1) is 0 Å². The third-order valence-corrected chi connectivity index (χ3v) is 6.92. The summed E-state index contributed by atoms with van der Waals surface area (Å²) in [7, 11) is -3.55. The summed E-state index contributed by atoms with van der Waals surface area (Å²) < 4.78 is 31.4. The molecule has 1 fully saturated rings. The van der Waals surface area contributed by atoms with Gasteiger partial charge < -0.3 is 4.74 Å². The molecule has 0 aromatic heterocycles. The van der Waals surface area contributed by atoms with Crippen molar-refractivity contribution in [2.24, 2.45) is 0 Å². The second-order valence-corrected chi connectivity index (χ2v) is 8.98. The standard InChI is InChI=1S/C19H17Cl2NO5S/c20-15-4-3-5-16(21)18(15)19(24)27-12-17(23)13-6-8-14(9-7-13)28(25,26)22-10-1-2-11-22/h3-9H,1-2,10-12H2. The third-order valence-electron chi connectivity index (χ3n) is 4.38. The minimum Gasteiger partial charge on any atom is -0.454 e. The molecule has 1 aliphatic heterocycles. The predicted octanol–water partition coefficient (Wildman–Crippen LogP) is 3.82. The average molecular weight is 442 g/mol. The Morgan fingerprint density at radius 3 is 2.11 bits per heavy atom. The molecule has 0 N–H and O–H groups in total. The first-order chi connectivity index (χ1) is 13.3. The van der Waals surface area contributed by atoms with Crippen LogP contribution in [0.2, 0.25) is 10.0 Å². The Morgan fingerprint density at radius 2 is 1.54 bits per heavy atom. The van der Waals surface area contributed by atoms with E-state index in [1.165, 1.54) is 40.7 Å². The van der Waals surface area contributed by atoms with Gasteiger partial charge in [-0.05, 0) is 49.2 Å². The SMILES string of the molecule is O=C(COC(=O)c1c(Cl)cccc1Cl)c1ccc(S(=O)(=O)N2CCCC2)cc1. The largest absolute Gasteiger partial charge is 0.454 e. The van der Waals surface area contributed by atoms with Crippen molar-refractivity contribution in [3.8, 4) is 0 Å². The Labute approximate surface area is 173 Å². The van der Waals surface area contributed by atoms with Gasteiger partial charge in [-0.2, -0.15) is 4.31 Å². The molecule has 0 amide bonds. The van der Waals surface area contributed by atoms with Crippen LogP contribution in [0.1, 0.15) is 33.6 Å². The zero-order chi connectivity index (χ0) is 20.3. The third kappa shape index (κ3) is 4.38.